The molecule has 0 bridgehead atoms. The summed E-state index contributed by atoms with van der Waals surface area (Å²) in [6.45, 7) is 5.89. The Morgan fingerprint density at radius 3 is 2.91 bits per heavy atom. The number of aliphatic imine (C=N–C) groups is 1. The van der Waals surface area contributed by atoms with Crippen molar-refractivity contribution in [1.82, 2.24) is 4.31 Å². The molecule has 4 rings (SSSR count). The smallest absolute Gasteiger partial charge is 0.259 e. The normalized spacial score (nSPS) is 23.0. The number of thioether (sulfide) groups is 1. The second-order valence-corrected chi connectivity index (χ2v) is 11.0. The molecule has 8 nitrogen and oxygen atoms in total. The second-order valence-electron chi connectivity index (χ2n) is 8.50. The van der Waals surface area contributed by atoms with Crippen molar-refractivity contribution in [3.05, 3.63) is 47.0 Å². The predicted octanol–water partition coefficient (Wildman–Crippen LogP) is 3.78. The predicted molar refractivity (Wildman–Crippen MR) is 132 cm³/mol. The number of aryl methyl sites for hydroxylation is 1. The lowest BCUT2D eigenvalue weighted by atomic mass is 9.89. The maximum Gasteiger partial charge on any atom is 0.259 e. The molecule has 2 aromatic rings. The van der Waals surface area contributed by atoms with E-state index in [1.165, 1.54) is 30.0 Å². The molecule has 1 amide bonds. The number of nitrogens with two attached hydrogens (primary N) is 1. The zero-order chi connectivity index (χ0) is 24.3. The number of halogens is 1. The molecule has 1 fully saturated rings. The molecule has 1 saturated heterocycles. The molecule has 0 aliphatic carbocycles. The minimum absolute atomic E-state index is 0.222. The van der Waals surface area contributed by atoms with Crippen molar-refractivity contribution >= 4 is 39.5 Å². The summed E-state index contributed by atoms with van der Waals surface area (Å²) in [5.41, 5.74) is 6.16. The van der Waals surface area contributed by atoms with E-state index in [1.807, 2.05) is 6.92 Å². The molecule has 2 aliphatic rings. The zero-order valence-corrected chi connectivity index (χ0v) is 20.9. The summed E-state index contributed by atoms with van der Waals surface area (Å²) in [5.74, 6) is 0.267. The summed E-state index contributed by atoms with van der Waals surface area (Å²) in [6, 6.07) is 5.92. The van der Waals surface area contributed by atoms with Crippen LogP contribution in [0.1, 0.15) is 47.9 Å². The highest BCUT2D eigenvalue weighted by Gasteiger charge is 2.32. The largest absolute Gasteiger partial charge is 0.450 e. The van der Waals surface area contributed by atoms with Gasteiger partial charge in [0.05, 0.1) is 17.7 Å². The van der Waals surface area contributed by atoms with Crippen LogP contribution in [0.4, 0.5) is 10.1 Å². The van der Waals surface area contributed by atoms with E-state index in [2.05, 4.69) is 10.3 Å². The van der Waals surface area contributed by atoms with Gasteiger partial charge in [-0.1, -0.05) is 11.8 Å². The van der Waals surface area contributed by atoms with Crippen LogP contribution in [0, 0.1) is 12.7 Å². The van der Waals surface area contributed by atoms with Gasteiger partial charge in [-0.25, -0.2) is 12.9 Å². The van der Waals surface area contributed by atoms with Crippen LogP contribution in [0.2, 0.25) is 0 Å². The Kier molecular flexibility index (Phi) is 7.76. The number of carbonyl (C=O) groups excluding carboxylic acids is 1. The third-order valence-electron chi connectivity index (χ3n) is 5.98. The first-order chi connectivity index (χ1) is 16.3. The molecular formula is C23H29FN4O4S2. The number of nitrogens with zero attached hydrogens (tertiary/aromatic N) is 2. The molecule has 0 spiro atoms. The van der Waals surface area contributed by atoms with Gasteiger partial charge in [-0.2, -0.15) is 0 Å². The monoisotopic (exact) mass is 508 g/mol. The molecule has 2 atom stereocenters. The van der Waals surface area contributed by atoms with Gasteiger partial charge >= 0.3 is 0 Å². The van der Waals surface area contributed by atoms with Gasteiger partial charge < -0.3 is 20.2 Å². The quantitative estimate of drug-likeness (QED) is 0.636. The maximum atomic E-state index is 14.7. The summed E-state index contributed by atoms with van der Waals surface area (Å²) in [7, 11) is -1.53. The summed E-state index contributed by atoms with van der Waals surface area (Å²) in [5, 5.41) is 3.44. The zero-order valence-electron chi connectivity index (χ0n) is 19.3. The van der Waals surface area contributed by atoms with Crippen molar-refractivity contribution in [1.29, 1.82) is 0 Å². The van der Waals surface area contributed by atoms with Gasteiger partial charge in [-0.15, -0.1) is 0 Å². The first-order valence-corrected chi connectivity index (χ1v) is 13.3. The highest BCUT2D eigenvalue weighted by atomic mass is 32.2. The van der Waals surface area contributed by atoms with Crippen LogP contribution in [0.25, 0.3) is 0 Å². The van der Waals surface area contributed by atoms with Crippen LogP contribution in [0.15, 0.2) is 38.8 Å². The Balaban J connectivity index is 1.52. The molecule has 3 heterocycles. The van der Waals surface area contributed by atoms with Crippen LogP contribution < -0.4 is 11.1 Å². The number of nitrogens with one attached hydrogen (secondary N) is 1. The van der Waals surface area contributed by atoms with E-state index in [0.29, 0.717) is 54.9 Å². The van der Waals surface area contributed by atoms with E-state index in [0.717, 1.165) is 18.6 Å². The van der Waals surface area contributed by atoms with Crippen molar-refractivity contribution in [3.8, 4) is 0 Å². The standard InChI is InChI=1S/C23H29FN4O4S2/c1-15-17(14-20(32-15)34(30)28-8-3-4-10-31-11-9-28)21(29)26-16-5-6-19(24)18(13-16)23(2)7-12-33-22(25)27-23/h5-6,13-14H,3-4,7-12H2,1-2H3,(H2,25,27)(H,26,29). The van der Waals surface area contributed by atoms with Crippen molar-refractivity contribution in [3.63, 3.8) is 0 Å². The lowest BCUT2D eigenvalue weighted by Crippen LogP contribution is -2.32. The Hall–Kier alpha value is -2.21. The van der Waals surface area contributed by atoms with E-state index in [1.54, 1.807) is 17.3 Å². The minimum Gasteiger partial charge on any atom is -0.450 e. The SMILES string of the molecule is Cc1oc(S(=O)N2CCCCOCC2)cc1C(=O)Nc1ccc(F)c(C2(C)CCSC(N)=N2)c1. The van der Waals surface area contributed by atoms with Crippen LogP contribution in [-0.2, 0) is 21.3 Å². The Morgan fingerprint density at radius 1 is 1.29 bits per heavy atom. The maximum absolute atomic E-state index is 14.7. The molecule has 0 saturated carbocycles. The van der Waals surface area contributed by atoms with Gasteiger partial charge in [0.1, 0.15) is 11.6 Å². The fraction of sp³-hybridized carbons (Fsp3) is 0.478. The van der Waals surface area contributed by atoms with Crippen LogP contribution in [-0.4, -0.2) is 51.6 Å². The number of rotatable bonds is 5. The lowest BCUT2D eigenvalue weighted by Gasteiger charge is -2.30. The Bertz CT molecular complexity index is 1110. The van der Waals surface area contributed by atoms with Crippen LogP contribution in [0.5, 0.6) is 0 Å². The van der Waals surface area contributed by atoms with Crippen molar-refractivity contribution < 1.29 is 22.5 Å². The first kappa shape index (κ1) is 24.9. The molecule has 2 unspecified atom stereocenters. The Morgan fingerprint density at radius 2 is 2.12 bits per heavy atom. The number of furan rings is 1. The number of amidine groups is 1. The average molecular weight is 509 g/mol. The van der Waals surface area contributed by atoms with Crippen molar-refractivity contribution in [2.24, 2.45) is 10.7 Å². The van der Waals surface area contributed by atoms with E-state index in [-0.39, 0.29) is 10.7 Å². The number of amides is 1. The molecule has 0 radical (unpaired) electrons. The first-order valence-electron chi connectivity index (χ1n) is 11.2. The average Bonchev–Trinajstić information content (AvgIpc) is 3.16. The minimum atomic E-state index is -1.53. The summed E-state index contributed by atoms with van der Waals surface area (Å²) in [4.78, 5) is 17.5. The number of hydrogen-bond donors (Lipinski definition) is 2. The van der Waals surface area contributed by atoms with Gasteiger partial charge in [-0.05, 0) is 51.3 Å². The number of anilines is 1. The summed E-state index contributed by atoms with van der Waals surface area (Å²) in [6.07, 6.45) is 2.41. The number of hydrogen-bond acceptors (Lipinski definition) is 7. The second kappa shape index (κ2) is 10.6. The van der Waals surface area contributed by atoms with Crippen molar-refractivity contribution in [2.45, 2.75) is 43.7 Å². The van der Waals surface area contributed by atoms with Crippen LogP contribution in [0.3, 0.4) is 0 Å². The summed E-state index contributed by atoms with van der Waals surface area (Å²) < 4.78 is 40.7. The Labute approximate surface area is 205 Å². The molecule has 1 aromatic heterocycles. The topological polar surface area (TPSA) is 110 Å². The molecule has 34 heavy (non-hydrogen) atoms. The van der Waals surface area contributed by atoms with Gasteiger partial charge in [-0.3, -0.25) is 9.79 Å². The van der Waals surface area contributed by atoms with Gasteiger partial charge in [0.25, 0.3) is 5.91 Å². The molecule has 2 aliphatic heterocycles. The molecule has 184 valence electrons. The number of carbonyl (C=O) groups is 1. The third kappa shape index (κ3) is 5.54. The van der Waals surface area contributed by atoms with E-state index in [9.17, 15) is 13.4 Å². The molecular weight excluding hydrogens is 479 g/mol. The number of ether oxygens (including phenoxy) is 1. The lowest BCUT2D eigenvalue weighted by molar-refractivity contribution is 0.102. The fourth-order valence-electron chi connectivity index (χ4n) is 4.03. The van der Waals surface area contributed by atoms with Crippen molar-refractivity contribution in [2.75, 3.05) is 37.4 Å². The van der Waals surface area contributed by atoms with Crippen LogP contribution >= 0.6 is 11.8 Å². The highest BCUT2D eigenvalue weighted by Crippen LogP contribution is 2.37. The van der Waals surface area contributed by atoms with Gasteiger partial charge in [0.2, 0.25) is 5.09 Å². The van der Waals surface area contributed by atoms with Gasteiger partial charge in [0.15, 0.2) is 16.2 Å². The molecule has 11 heteroatoms. The highest BCUT2D eigenvalue weighted by molar-refractivity contribution is 8.13. The van der Waals surface area contributed by atoms with E-state index < -0.39 is 28.2 Å². The fourth-order valence-corrected chi connectivity index (χ4v) is 6.21. The summed E-state index contributed by atoms with van der Waals surface area (Å²) >= 11 is 1.44. The molecule has 1 aromatic carbocycles. The third-order valence-corrected chi connectivity index (χ3v) is 8.15. The molecule has 3 N–H and O–H groups in total. The number of benzene rings is 1. The van der Waals surface area contributed by atoms with Gasteiger partial charge in [0, 0.05) is 42.8 Å². The van der Waals surface area contributed by atoms with E-state index >= 15 is 0 Å². The van der Waals surface area contributed by atoms with E-state index in [4.69, 9.17) is 14.9 Å².